The Morgan fingerprint density at radius 3 is 2.89 bits per heavy atom. The number of ether oxygens (including phenoxy) is 1. The van der Waals surface area contributed by atoms with Crippen LogP contribution in [0.1, 0.15) is 22.1 Å². The maximum atomic E-state index is 10.4. The topological polar surface area (TPSA) is 39.2 Å². The van der Waals surface area contributed by atoms with Gasteiger partial charge in [0.05, 0.1) is 17.1 Å². The van der Waals surface area contributed by atoms with Crippen LogP contribution in [0.25, 0.3) is 0 Å². The highest BCUT2D eigenvalue weighted by Gasteiger charge is 2.21. The third-order valence-electron chi connectivity index (χ3n) is 2.71. The molecule has 0 saturated carbocycles. The first-order valence-corrected chi connectivity index (χ1v) is 6.69. The number of halogens is 1. The van der Waals surface area contributed by atoms with Crippen LogP contribution in [0, 0.1) is 6.92 Å². The van der Waals surface area contributed by atoms with Gasteiger partial charge in [-0.05, 0) is 18.6 Å². The Morgan fingerprint density at radius 2 is 2.28 bits per heavy atom. The zero-order chi connectivity index (χ0) is 13.0. The van der Waals surface area contributed by atoms with Crippen molar-refractivity contribution in [1.29, 1.82) is 0 Å². The highest BCUT2D eigenvalue weighted by Crippen LogP contribution is 2.34. The van der Waals surface area contributed by atoms with Crippen molar-refractivity contribution in [2.24, 2.45) is 0 Å². The predicted molar refractivity (Wildman–Crippen MR) is 72.2 cm³/mol. The number of nitrogens with zero attached hydrogens (tertiary/aromatic N) is 1. The van der Waals surface area contributed by atoms with Crippen LogP contribution in [0.3, 0.4) is 0 Å². The minimum Gasteiger partial charge on any atom is -0.467 e. The number of hydrogen-bond donors (Lipinski definition) is 0. The molecule has 0 N–H and O–H groups in total. The van der Waals surface area contributed by atoms with E-state index in [0.29, 0.717) is 11.5 Å². The quantitative estimate of drug-likeness (QED) is 0.789. The van der Waals surface area contributed by atoms with Crippen LogP contribution in [-0.2, 0) is 9.53 Å². The molecule has 0 fully saturated rings. The molecule has 2 rings (SSSR count). The smallest absolute Gasteiger partial charge is 0.293 e. The molecule has 2 aromatic rings. The fourth-order valence-electron chi connectivity index (χ4n) is 1.85. The Balaban J connectivity index is 2.40. The number of aromatic nitrogens is 1. The maximum Gasteiger partial charge on any atom is 0.293 e. The summed E-state index contributed by atoms with van der Waals surface area (Å²) >= 11 is 7.75. The highest BCUT2D eigenvalue weighted by molar-refractivity contribution is 7.09. The van der Waals surface area contributed by atoms with Crippen molar-refractivity contribution in [3.05, 3.63) is 50.9 Å². The summed E-state index contributed by atoms with van der Waals surface area (Å²) in [6, 6.07) is 7.58. The van der Waals surface area contributed by atoms with Gasteiger partial charge >= 0.3 is 0 Å². The number of aryl methyl sites for hydroxylation is 1. The van der Waals surface area contributed by atoms with Crippen LogP contribution in [-0.4, -0.2) is 18.1 Å². The summed E-state index contributed by atoms with van der Waals surface area (Å²) in [5.74, 6) is -0.0589. The SMILES string of the molecule is Cc1ncsc1C(COC=O)c1ccccc1Cl. The molecule has 18 heavy (non-hydrogen) atoms. The van der Waals surface area contributed by atoms with Crippen LogP contribution < -0.4 is 0 Å². The summed E-state index contributed by atoms with van der Waals surface area (Å²) in [5.41, 5.74) is 3.68. The molecule has 0 aliphatic heterocycles. The summed E-state index contributed by atoms with van der Waals surface area (Å²) in [6.45, 7) is 2.67. The lowest BCUT2D eigenvalue weighted by atomic mass is 9.97. The molecule has 5 heteroatoms. The standard InChI is InChI=1S/C13H12ClNO2S/c1-9-13(18-7-15-9)11(6-17-8-16)10-4-2-3-5-12(10)14/h2-5,7-8,11H,6H2,1H3. The van der Waals surface area contributed by atoms with Gasteiger partial charge in [-0.1, -0.05) is 29.8 Å². The van der Waals surface area contributed by atoms with Gasteiger partial charge in [0.2, 0.25) is 0 Å². The van der Waals surface area contributed by atoms with E-state index in [0.717, 1.165) is 16.1 Å². The minimum absolute atomic E-state index is 0.0589. The summed E-state index contributed by atoms with van der Waals surface area (Å²) in [7, 11) is 0. The molecule has 1 heterocycles. The number of carbonyl (C=O) groups is 1. The molecule has 0 spiro atoms. The van der Waals surface area contributed by atoms with Crippen molar-refractivity contribution in [1.82, 2.24) is 4.98 Å². The molecular formula is C13H12ClNO2S. The third kappa shape index (κ3) is 2.71. The van der Waals surface area contributed by atoms with Crippen LogP contribution >= 0.6 is 22.9 Å². The zero-order valence-electron chi connectivity index (χ0n) is 9.80. The number of hydrogen-bond acceptors (Lipinski definition) is 4. The largest absolute Gasteiger partial charge is 0.467 e. The Labute approximate surface area is 114 Å². The van der Waals surface area contributed by atoms with E-state index in [-0.39, 0.29) is 12.5 Å². The summed E-state index contributed by atoms with van der Waals surface area (Å²) in [4.78, 5) is 15.7. The first-order valence-electron chi connectivity index (χ1n) is 5.43. The average Bonchev–Trinajstić information content (AvgIpc) is 2.78. The number of carbonyl (C=O) groups excluding carboxylic acids is 1. The first-order chi connectivity index (χ1) is 8.74. The van der Waals surface area contributed by atoms with Gasteiger partial charge < -0.3 is 4.74 Å². The van der Waals surface area contributed by atoms with E-state index >= 15 is 0 Å². The molecule has 0 bridgehead atoms. The second kappa shape index (κ2) is 5.98. The van der Waals surface area contributed by atoms with Gasteiger partial charge in [-0.3, -0.25) is 4.79 Å². The van der Waals surface area contributed by atoms with Crippen LogP contribution in [0.15, 0.2) is 29.8 Å². The number of benzene rings is 1. The molecule has 1 unspecified atom stereocenters. The molecule has 0 amide bonds. The summed E-state index contributed by atoms with van der Waals surface area (Å²) < 4.78 is 4.92. The average molecular weight is 282 g/mol. The van der Waals surface area contributed by atoms with Gasteiger partial charge in [0.25, 0.3) is 6.47 Å². The molecule has 0 aliphatic rings. The van der Waals surface area contributed by atoms with Crippen molar-refractivity contribution < 1.29 is 9.53 Å². The van der Waals surface area contributed by atoms with E-state index in [2.05, 4.69) is 4.98 Å². The monoisotopic (exact) mass is 281 g/mol. The van der Waals surface area contributed by atoms with E-state index < -0.39 is 0 Å². The van der Waals surface area contributed by atoms with Crippen molar-refractivity contribution in [3.63, 3.8) is 0 Å². The van der Waals surface area contributed by atoms with E-state index in [1.54, 1.807) is 16.8 Å². The van der Waals surface area contributed by atoms with Crippen molar-refractivity contribution in [2.75, 3.05) is 6.61 Å². The second-order valence-electron chi connectivity index (χ2n) is 3.81. The van der Waals surface area contributed by atoms with Crippen molar-refractivity contribution >= 4 is 29.4 Å². The molecule has 0 aliphatic carbocycles. The molecule has 3 nitrogen and oxygen atoms in total. The van der Waals surface area contributed by atoms with E-state index in [1.165, 1.54) is 0 Å². The Morgan fingerprint density at radius 1 is 1.50 bits per heavy atom. The molecule has 1 aromatic carbocycles. The van der Waals surface area contributed by atoms with Gasteiger partial charge in [0.15, 0.2) is 0 Å². The van der Waals surface area contributed by atoms with Crippen LogP contribution in [0.5, 0.6) is 0 Å². The fourth-order valence-corrected chi connectivity index (χ4v) is 3.02. The van der Waals surface area contributed by atoms with Gasteiger partial charge in [0, 0.05) is 9.90 Å². The van der Waals surface area contributed by atoms with Crippen molar-refractivity contribution in [2.45, 2.75) is 12.8 Å². The van der Waals surface area contributed by atoms with Gasteiger partial charge in [-0.25, -0.2) is 4.98 Å². The van der Waals surface area contributed by atoms with Gasteiger partial charge in [-0.2, -0.15) is 0 Å². The third-order valence-corrected chi connectivity index (χ3v) is 4.10. The number of thiazole rings is 1. The maximum absolute atomic E-state index is 10.4. The lowest BCUT2D eigenvalue weighted by Gasteiger charge is -2.16. The Kier molecular flexibility index (Phi) is 4.33. The van der Waals surface area contributed by atoms with E-state index in [9.17, 15) is 4.79 Å². The van der Waals surface area contributed by atoms with Gasteiger partial charge in [-0.15, -0.1) is 11.3 Å². The molecule has 0 saturated heterocycles. The minimum atomic E-state index is -0.0589. The van der Waals surface area contributed by atoms with Crippen LogP contribution in [0.2, 0.25) is 5.02 Å². The van der Waals surface area contributed by atoms with Crippen LogP contribution in [0.4, 0.5) is 0 Å². The fraction of sp³-hybridized carbons (Fsp3) is 0.231. The molecule has 1 atom stereocenters. The summed E-state index contributed by atoms with van der Waals surface area (Å²) in [5, 5.41) is 0.671. The molecular weight excluding hydrogens is 270 g/mol. The summed E-state index contributed by atoms with van der Waals surface area (Å²) in [6.07, 6.45) is 0. The predicted octanol–water partition coefficient (Wildman–Crippen LogP) is 3.41. The van der Waals surface area contributed by atoms with E-state index in [1.807, 2.05) is 31.2 Å². The number of rotatable bonds is 5. The lowest BCUT2D eigenvalue weighted by Crippen LogP contribution is -2.09. The molecule has 94 valence electrons. The first kappa shape index (κ1) is 13.1. The Hall–Kier alpha value is -1.39. The second-order valence-corrected chi connectivity index (χ2v) is 5.10. The molecule has 1 aromatic heterocycles. The van der Waals surface area contributed by atoms with Gasteiger partial charge in [0.1, 0.15) is 6.61 Å². The van der Waals surface area contributed by atoms with Crippen molar-refractivity contribution in [3.8, 4) is 0 Å². The zero-order valence-corrected chi connectivity index (χ0v) is 11.4. The Bertz CT molecular complexity index is 541. The normalized spacial score (nSPS) is 12.1. The lowest BCUT2D eigenvalue weighted by molar-refractivity contribution is -0.128. The van der Waals surface area contributed by atoms with E-state index in [4.69, 9.17) is 16.3 Å². The highest BCUT2D eigenvalue weighted by atomic mass is 35.5. The molecule has 0 radical (unpaired) electrons.